The van der Waals surface area contributed by atoms with Gasteiger partial charge in [-0.25, -0.2) is 4.98 Å². The van der Waals surface area contributed by atoms with Gasteiger partial charge >= 0.3 is 0 Å². The number of hydrogen-bond donors (Lipinski definition) is 2. The molecule has 0 atom stereocenters. The highest BCUT2D eigenvalue weighted by Crippen LogP contribution is 2.51. The molecule has 0 bridgehead atoms. The van der Waals surface area contributed by atoms with Crippen molar-refractivity contribution in [2.75, 3.05) is 13.6 Å². The van der Waals surface area contributed by atoms with Crippen molar-refractivity contribution in [3.05, 3.63) is 84.4 Å². The molecule has 1 aromatic heterocycles. The minimum absolute atomic E-state index is 0.300. The summed E-state index contributed by atoms with van der Waals surface area (Å²) in [4.78, 5) is 9.81. The fourth-order valence-corrected chi connectivity index (χ4v) is 4.44. The van der Waals surface area contributed by atoms with Crippen molar-refractivity contribution in [3.8, 4) is 0 Å². The van der Waals surface area contributed by atoms with Crippen LogP contribution < -0.4 is 10.6 Å². The fraction of sp³-hybridized carbons (Fsp3) is 0.304. The zero-order valence-electron chi connectivity index (χ0n) is 16.7. The number of nitrogens with zero attached hydrogens (tertiary/aromatic N) is 3. The van der Waals surface area contributed by atoms with Crippen LogP contribution in [-0.4, -0.2) is 33.9 Å². The molecule has 1 aliphatic carbocycles. The summed E-state index contributed by atoms with van der Waals surface area (Å²) in [6.45, 7) is 2.53. The lowest BCUT2D eigenvalue weighted by Gasteiger charge is -2.18. The third-order valence-electron chi connectivity index (χ3n) is 5.09. The molecule has 1 fully saturated rings. The normalized spacial score (nSPS) is 15.1. The summed E-state index contributed by atoms with van der Waals surface area (Å²) in [6, 6.07) is 19.3. The quantitative estimate of drug-likeness (QED) is 0.441. The average molecular weight is 406 g/mol. The lowest BCUT2D eigenvalue weighted by atomic mass is 10.1. The van der Waals surface area contributed by atoms with E-state index >= 15 is 0 Å². The van der Waals surface area contributed by atoms with Crippen molar-refractivity contribution in [1.29, 1.82) is 0 Å². The predicted octanol–water partition coefficient (Wildman–Crippen LogP) is 3.92. The first-order valence-electron chi connectivity index (χ1n) is 9.97. The van der Waals surface area contributed by atoms with Crippen LogP contribution in [0.5, 0.6) is 0 Å². The minimum Gasteiger partial charge on any atom is -0.355 e. The zero-order chi connectivity index (χ0) is 19.9. The molecule has 0 spiro atoms. The SMILES string of the molecule is CN=C(NCc1ccc(Cn2ccnc2)cc1)NCC1(Sc2ccccc2)CC1. The van der Waals surface area contributed by atoms with E-state index in [1.807, 2.05) is 31.3 Å². The number of thioether (sulfide) groups is 1. The molecule has 150 valence electrons. The molecular formula is C23H27N5S. The summed E-state index contributed by atoms with van der Waals surface area (Å²) in [7, 11) is 1.83. The van der Waals surface area contributed by atoms with E-state index in [0.717, 1.165) is 25.6 Å². The number of nitrogens with one attached hydrogen (secondary N) is 2. The van der Waals surface area contributed by atoms with Crippen LogP contribution in [0.3, 0.4) is 0 Å². The number of aliphatic imine (C=N–C) groups is 1. The molecule has 0 aliphatic heterocycles. The van der Waals surface area contributed by atoms with E-state index in [2.05, 4.69) is 79.8 Å². The Balaban J connectivity index is 1.24. The second kappa shape index (κ2) is 9.18. The Morgan fingerprint density at radius 2 is 1.83 bits per heavy atom. The van der Waals surface area contributed by atoms with E-state index in [4.69, 9.17) is 0 Å². The van der Waals surface area contributed by atoms with E-state index in [-0.39, 0.29) is 0 Å². The number of benzene rings is 2. The van der Waals surface area contributed by atoms with Crippen LogP contribution in [0.25, 0.3) is 0 Å². The molecule has 0 radical (unpaired) electrons. The van der Waals surface area contributed by atoms with E-state index in [9.17, 15) is 0 Å². The van der Waals surface area contributed by atoms with Crippen molar-refractivity contribution >= 4 is 17.7 Å². The van der Waals surface area contributed by atoms with E-state index < -0.39 is 0 Å². The molecule has 4 rings (SSSR count). The molecule has 0 amide bonds. The maximum atomic E-state index is 4.38. The first-order valence-corrected chi connectivity index (χ1v) is 10.8. The molecule has 0 unspecified atom stereocenters. The lowest BCUT2D eigenvalue weighted by Crippen LogP contribution is -2.40. The Labute approximate surface area is 176 Å². The molecule has 1 aliphatic rings. The van der Waals surface area contributed by atoms with Gasteiger partial charge in [0.25, 0.3) is 0 Å². The first-order chi connectivity index (χ1) is 14.2. The van der Waals surface area contributed by atoms with Crippen molar-refractivity contribution in [1.82, 2.24) is 20.2 Å². The molecule has 1 heterocycles. The van der Waals surface area contributed by atoms with Gasteiger partial charge in [0, 0.05) is 48.7 Å². The molecule has 29 heavy (non-hydrogen) atoms. The van der Waals surface area contributed by atoms with Gasteiger partial charge in [-0.05, 0) is 36.1 Å². The summed E-state index contributed by atoms with van der Waals surface area (Å²) >= 11 is 1.98. The first kappa shape index (κ1) is 19.6. The summed E-state index contributed by atoms with van der Waals surface area (Å²) in [5.74, 6) is 0.854. The predicted molar refractivity (Wildman–Crippen MR) is 120 cm³/mol. The van der Waals surface area contributed by atoms with Crippen LogP contribution in [0.15, 0.2) is 83.2 Å². The number of rotatable bonds is 8. The van der Waals surface area contributed by atoms with Crippen LogP contribution in [0.4, 0.5) is 0 Å². The van der Waals surface area contributed by atoms with Gasteiger partial charge in [-0.3, -0.25) is 4.99 Å². The molecule has 2 N–H and O–H groups in total. The zero-order valence-corrected chi connectivity index (χ0v) is 17.5. The molecule has 0 saturated heterocycles. The average Bonchev–Trinajstić information content (AvgIpc) is 3.32. The monoisotopic (exact) mass is 405 g/mol. The maximum Gasteiger partial charge on any atom is 0.191 e. The van der Waals surface area contributed by atoms with Gasteiger partial charge in [0.15, 0.2) is 5.96 Å². The van der Waals surface area contributed by atoms with Gasteiger partial charge in [-0.15, -0.1) is 11.8 Å². The van der Waals surface area contributed by atoms with Gasteiger partial charge in [-0.1, -0.05) is 42.5 Å². The van der Waals surface area contributed by atoms with Gasteiger partial charge in [0.2, 0.25) is 0 Å². The van der Waals surface area contributed by atoms with Crippen LogP contribution in [-0.2, 0) is 13.1 Å². The van der Waals surface area contributed by atoms with E-state index in [1.165, 1.54) is 28.9 Å². The smallest absolute Gasteiger partial charge is 0.191 e. The Bertz CT molecular complexity index is 916. The summed E-state index contributed by atoms with van der Waals surface area (Å²) < 4.78 is 2.37. The van der Waals surface area contributed by atoms with Crippen molar-refractivity contribution in [3.63, 3.8) is 0 Å². The summed E-state index contributed by atoms with van der Waals surface area (Å²) in [5, 5.41) is 6.94. The standard InChI is InChI=1S/C23H27N5S/c1-24-22(27-17-23(11-12-23)29-21-5-3-2-4-6-21)26-15-19-7-9-20(10-8-19)16-28-14-13-25-18-28/h2-10,13-14,18H,11-12,15-17H2,1H3,(H2,24,26,27). The third kappa shape index (κ3) is 5.64. The molecule has 1 saturated carbocycles. The highest BCUT2D eigenvalue weighted by molar-refractivity contribution is 8.01. The number of imidazole rings is 1. The second-order valence-electron chi connectivity index (χ2n) is 7.43. The van der Waals surface area contributed by atoms with E-state index in [0.29, 0.717) is 4.75 Å². The molecule has 5 nitrogen and oxygen atoms in total. The van der Waals surface area contributed by atoms with Crippen LogP contribution in [0, 0.1) is 0 Å². The number of hydrogen-bond acceptors (Lipinski definition) is 3. The van der Waals surface area contributed by atoms with E-state index in [1.54, 1.807) is 6.20 Å². The van der Waals surface area contributed by atoms with Gasteiger partial charge in [0.05, 0.1) is 6.33 Å². The molecule has 2 aromatic carbocycles. The Morgan fingerprint density at radius 3 is 2.48 bits per heavy atom. The largest absolute Gasteiger partial charge is 0.355 e. The number of aromatic nitrogens is 2. The van der Waals surface area contributed by atoms with Crippen LogP contribution >= 0.6 is 11.8 Å². The Morgan fingerprint density at radius 1 is 1.07 bits per heavy atom. The van der Waals surface area contributed by atoms with Crippen molar-refractivity contribution in [2.45, 2.75) is 35.6 Å². The maximum absolute atomic E-state index is 4.38. The molecule has 3 aromatic rings. The van der Waals surface area contributed by atoms with Gasteiger partial charge in [-0.2, -0.15) is 0 Å². The fourth-order valence-electron chi connectivity index (χ4n) is 3.20. The number of guanidine groups is 1. The Hall–Kier alpha value is -2.73. The summed E-state index contributed by atoms with van der Waals surface area (Å²) in [5.41, 5.74) is 2.50. The topological polar surface area (TPSA) is 54.2 Å². The second-order valence-corrected chi connectivity index (χ2v) is 8.97. The van der Waals surface area contributed by atoms with Gasteiger partial charge in [0.1, 0.15) is 0 Å². The highest BCUT2D eigenvalue weighted by Gasteiger charge is 2.43. The summed E-state index contributed by atoms with van der Waals surface area (Å²) in [6.07, 6.45) is 8.12. The van der Waals surface area contributed by atoms with Crippen LogP contribution in [0.1, 0.15) is 24.0 Å². The van der Waals surface area contributed by atoms with Crippen molar-refractivity contribution < 1.29 is 0 Å². The van der Waals surface area contributed by atoms with Gasteiger partial charge < -0.3 is 15.2 Å². The van der Waals surface area contributed by atoms with Crippen LogP contribution in [0.2, 0.25) is 0 Å². The highest BCUT2D eigenvalue weighted by atomic mass is 32.2. The van der Waals surface area contributed by atoms with Crippen molar-refractivity contribution in [2.24, 2.45) is 4.99 Å². The molecule has 6 heteroatoms. The lowest BCUT2D eigenvalue weighted by molar-refractivity contribution is 0.765. The Kier molecular flexibility index (Phi) is 6.20. The molecular weight excluding hydrogens is 378 g/mol. The minimum atomic E-state index is 0.300. The third-order valence-corrected chi connectivity index (χ3v) is 6.59.